The van der Waals surface area contributed by atoms with Crippen molar-refractivity contribution in [3.05, 3.63) is 259 Å². The lowest BCUT2D eigenvalue weighted by molar-refractivity contribution is 0.771. The molecule has 0 unspecified atom stereocenters. The maximum Gasteiger partial charge on any atom is 0.0714 e. The van der Waals surface area contributed by atoms with Crippen LogP contribution in [-0.2, 0) is 5.41 Å². The second-order valence-corrected chi connectivity index (χ2v) is 16.0. The number of nitrogens with zero attached hydrogens (tertiary/aromatic N) is 1. The highest BCUT2D eigenvalue weighted by atomic mass is 15.1. The van der Waals surface area contributed by atoms with Crippen LogP contribution in [0.4, 0.5) is 17.1 Å². The highest BCUT2D eigenvalue weighted by molar-refractivity contribution is 6.16. The Morgan fingerprint density at radius 3 is 1.15 bits per heavy atom. The molecule has 60 heavy (non-hydrogen) atoms. The van der Waals surface area contributed by atoms with Gasteiger partial charge in [0.2, 0.25) is 0 Å². The van der Waals surface area contributed by atoms with E-state index in [1.807, 2.05) is 0 Å². The molecule has 11 aromatic rings. The first-order valence-electron chi connectivity index (χ1n) is 20.8. The molecule has 12 rings (SSSR count). The van der Waals surface area contributed by atoms with E-state index in [0.717, 1.165) is 17.1 Å². The third kappa shape index (κ3) is 5.19. The molecule has 0 bridgehead atoms. The van der Waals surface area contributed by atoms with Crippen molar-refractivity contribution in [2.45, 2.75) is 5.41 Å². The van der Waals surface area contributed by atoms with E-state index in [0.29, 0.717) is 0 Å². The summed E-state index contributed by atoms with van der Waals surface area (Å²) in [6.07, 6.45) is 0. The average Bonchev–Trinajstić information content (AvgIpc) is 3.64. The van der Waals surface area contributed by atoms with Crippen LogP contribution in [0, 0.1) is 0 Å². The second-order valence-electron chi connectivity index (χ2n) is 16.0. The minimum atomic E-state index is -0.465. The second kappa shape index (κ2) is 13.7. The molecule has 1 nitrogen and oxygen atoms in total. The Bertz CT molecular complexity index is 3200. The Morgan fingerprint density at radius 2 is 0.650 bits per heavy atom. The standard InChI is InChI=1S/C59H39N/c1-2-18-46(19-3-1)59(55-24-10-16-44-26-27-45-17-11-25-56(59)58(45)57(44)55)47-32-38-50(39-33-47)60(48-34-28-42(29-35-48)53-22-8-14-40-12-4-6-20-51(40)53)49-36-30-43(31-37-49)54-23-9-15-41-13-5-7-21-52(41)54/h1-39H. The van der Waals surface area contributed by atoms with Crippen LogP contribution < -0.4 is 4.90 Å². The topological polar surface area (TPSA) is 3.24 Å². The van der Waals surface area contributed by atoms with Gasteiger partial charge in [0, 0.05) is 17.1 Å². The zero-order valence-electron chi connectivity index (χ0n) is 33.0. The largest absolute Gasteiger partial charge is 0.311 e. The van der Waals surface area contributed by atoms with Crippen molar-refractivity contribution < 1.29 is 0 Å². The van der Waals surface area contributed by atoms with E-state index in [2.05, 4.69) is 241 Å². The Morgan fingerprint density at radius 1 is 0.267 bits per heavy atom. The summed E-state index contributed by atoms with van der Waals surface area (Å²) in [6.45, 7) is 0. The zero-order valence-corrected chi connectivity index (χ0v) is 33.0. The SMILES string of the molecule is c1ccc(C2(c3ccc(N(c4ccc(-c5cccc6ccccc56)cc4)c4ccc(-c5cccc6ccccc56)cc4)cc3)c3cccc4ccc5cccc2c5c34)cc1. The van der Waals surface area contributed by atoms with Gasteiger partial charge in [0.15, 0.2) is 0 Å². The molecule has 1 heteroatoms. The third-order valence-corrected chi connectivity index (χ3v) is 12.9. The molecule has 0 amide bonds. The van der Waals surface area contributed by atoms with Gasteiger partial charge in [0.25, 0.3) is 0 Å². The first-order valence-corrected chi connectivity index (χ1v) is 20.8. The van der Waals surface area contributed by atoms with Crippen LogP contribution in [0.2, 0.25) is 0 Å². The van der Waals surface area contributed by atoms with Gasteiger partial charge in [-0.05, 0) is 124 Å². The summed E-state index contributed by atoms with van der Waals surface area (Å²) >= 11 is 0. The predicted octanol–water partition coefficient (Wildman–Crippen LogP) is 15.8. The lowest BCUT2D eigenvalue weighted by Gasteiger charge is -2.35. The molecule has 0 atom stereocenters. The molecule has 1 aliphatic rings. The molecule has 0 heterocycles. The Hall–Kier alpha value is -7.74. The van der Waals surface area contributed by atoms with Crippen molar-refractivity contribution >= 4 is 60.2 Å². The predicted molar refractivity (Wildman–Crippen MR) is 254 cm³/mol. The molecule has 0 aliphatic heterocycles. The number of benzene rings is 11. The van der Waals surface area contributed by atoms with E-state index < -0.39 is 5.41 Å². The van der Waals surface area contributed by atoms with Crippen LogP contribution in [0.5, 0.6) is 0 Å². The van der Waals surface area contributed by atoms with E-state index in [-0.39, 0.29) is 0 Å². The summed E-state index contributed by atoms with van der Waals surface area (Å²) in [5, 5.41) is 10.3. The van der Waals surface area contributed by atoms with E-state index in [1.54, 1.807) is 0 Å². The van der Waals surface area contributed by atoms with Gasteiger partial charge in [-0.3, -0.25) is 0 Å². The molecule has 0 spiro atoms. The Kier molecular flexibility index (Phi) is 7.83. The fourth-order valence-electron chi connectivity index (χ4n) is 10.2. The minimum absolute atomic E-state index is 0.465. The van der Waals surface area contributed by atoms with E-state index in [9.17, 15) is 0 Å². The van der Waals surface area contributed by atoms with Crippen molar-refractivity contribution in [3.63, 3.8) is 0 Å². The summed E-state index contributed by atoms with van der Waals surface area (Å²) in [7, 11) is 0. The number of hydrogen-bond acceptors (Lipinski definition) is 1. The van der Waals surface area contributed by atoms with Crippen molar-refractivity contribution in [3.8, 4) is 22.3 Å². The lowest BCUT2D eigenvalue weighted by atomic mass is 9.67. The molecule has 0 aromatic heterocycles. The normalized spacial score (nSPS) is 12.8. The van der Waals surface area contributed by atoms with Gasteiger partial charge in [0.05, 0.1) is 5.41 Å². The third-order valence-electron chi connectivity index (χ3n) is 12.9. The summed E-state index contributed by atoms with van der Waals surface area (Å²) < 4.78 is 0. The van der Waals surface area contributed by atoms with Crippen LogP contribution in [0.1, 0.15) is 22.3 Å². The number of rotatable bonds is 7. The van der Waals surface area contributed by atoms with Gasteiger partial charge < -0.3 is 4.90 Å². The molecule has 0 fully saturated rings. The van der Waals surface area contributed by atoms with Crippen LogP contribution in [0.25, 0.3) is 65.3 Å². The summed E-state index contributed by atoms with van der Waals surface area (Å²) in [6, 6.07) is 87.3. The van der Waals surface area contributed by atoms with Gasteiger partial charge in [0.1, 0.15) is 0 Å². The van der Waals surface area contributed by atoms with E-state index in [4.69, 9.17) is 0 Å². The highest BCUT2D eigenvalue weighted by Gasteiger charge is 2.44. The fraction of sp³-hybridized carbons (Fsp3) is 0.0169. The van der Waals surface area contributed by atoms with Crippen molar-refractivity contribution in [1.29, 1.82) is 0 Å². The molecule has 11 aromatic carbocycles. The van der Waals surface area contributed by atoms with Crippen molar-refractivity contribution in [2.75, 3.05) is 4.90 Å². The van der Waals surface area contributed by atoms with Crippen molar-refractivity contribution in [2.24, 2.45) is 0 Å². The smallest absolute Gasteiger partial charge is 0.0714 e. The maximum absolute atomic E-state index is 2.39. The first kappa shape index (κ1) is 34.3. The Balaban J connectivity index is 1.01. The fourth-order valence-corrected chi connectivity index (χ4v) is 10.2. The summed E-state index contributed by atoms with van der Waals surface area (Å²) in [5.74, 6) is 0. The van der Waals surface area contributed by atoms with Crippen molar-refractivity contribution in [1.82, 2.24) is 0 Å². The maximum atomic E-state index is 2.39. The monoisotopic (exact) mass is 761 g/mol. The van der Waals surface area contributed by atoms with Crippen LogP contribution in [0.3, 0.4) is 0 Å². The lowest BCUT2D eigenvalue weighted by Crippen LogP contribution is -2.28. The molecule has 1 aliphatic carbocycles. The number of anilines is 3. The summed E-state index contributed by atoms with van der Waals surface area (Å²) in [5.41, 5.74) is 12.9. The van der Waals surface area contributed by atoms with Crippen LogP contribution in [0.15, 0.2) is 237 Å². The van der Waals surface area contributed by atoms with Crippen LogP contribution in [-0.4, -0.2) is 0 Å². The molecular formula is C59H39N. The number of fused-ring (bicyclic) bond motifs is 2. The number of hydrogen-bond donors (Lipinski definition) is 0. The van der Waals surface area contributed by atoms with Gasteiger partial charge in [-0.15, -0.1) is 0 Å². The van der Waals surface area contributed by atoms with E-state index >= 15 is 0 Å². The van der Waals surface area contributed by atoms with Gasteiger partial charge in [-0.1, -0.05) is 200 Å². The molecular weight excluding hydrogens is 723 g/mol. The Labute approximate surface area is 350 Å². The quantitative estimate of drug-likeness (QED) is 0.146. The molecule has 0 radical (unpaired) electrons. The minimum Gasteiger partial charge on any atom is -0.311 e. The highest BCUT2D eigenvalue weighted by Crippen LogP contribution is 2.56. The molecule has 280 valence electrons. The molecule has 0 saturated carbocycles. The zero-order chi connectivity index (χ0) is 39.6. The van der Waals surface area contributed by atoms with Crippen LogP contribution >= 0.6 is 0 Å². The van der Waals surface area contributed by atoms with Gasteiger partial charge in [-0.2, -0.15) is 0 Å². The van der Waals surface area contributed by atoms with E-state index in [1.165, 1.54) is 87.6 Å². The van der Waals surface area contributed by atoms with Gasteiger partial charge >= 0.3 is 0 Å². The molecule has 0 saturated heterocycles. The first-order chi connectivity index (χ1) is 29.8. The molecule has 0 N–H and O–H groups in total. The summed E-state index contributed by atoms with van der Waals surface area (Å²) in [4.78, 5) is 2.39. The van der Waals surface area contributed by atoms with Gasteiger partial charge in [-0.25, -0.2) is 0 Å². The average molecular weight is 762 g/mol.